The van der Waals surface area contributed by atoms with Crippen molar-refractivity contribution in [2.24, 2.45) is 11.1 Å². The van der Waals surface area contributed by atoms with Gasteiger partial charge in [-0.05, 0) is 44.4 Å². The minimum atomic E-state index is 0.317. The number of allylic oxidation sites excluding steroid dienone is 1. The average molecular weight is 181 g/mol. The van der Waals surface area contributed by atoms with Gasteiger partial charge in [-0.15, -0.1) is 0 Å². The third-order valence-corrected chi connectivity index (χ3v) is 2.84. The van der Waals surface area contributed by atoms with Crippen molar-refractivity contribution >= 4 is 0 Å². The first-order valence-electron chi connectivity index (χ1n) is 5.43. The van der Waals surface area contributed by atoms with Crippen LogP contribution >= 0.6 is 0 Å². The fraction of sp³-hybridized carbons (Fsp3) is 0.833. The van der Waals surface area contributed by atoms with Crippen LogP contribution in [0.5, 0.6) is 0 Å². The Hall–Kier alpha value is -0.300. The Morgan fingerprint density at radius 3 is 2.77 bits per heavy atom. The predicted octanol–water partition coefficient (Wildman–Crippen LogP) is 3.25. The molecule has 0 aromatic rings. The van der Waals surface area contributed by atoms with Crippen molar-refractivity contribution in [3.8, 4) is 0 Å². The molecule has 1 aliphatic rings. The van der Waals surface area contributed by atoms with Crippen LogP contribution in [0.4, 0.5) is 0 Å². The van der Waals surface area contributed by atoms with Crippen molar-refractivity contribution in [1.82, 2.24) is 0 Å². The molecule has 1 heteroatoms. The van der Waals surface area contributed by atoms with Crippen molar-refractivity contribution < 1.29 is 0 Å². The number of rotatable bonds is 2. The highest BCUT2D eigenvalue weighted by Gasteiger charge is 2.23. The molecule has 1 nitrogen and oxygen atoms in total. The van der Waals surface area contributed by atoms with E-state index in [1.54, 1.807) is 5.57 Å². The lowest BCUT2D eigenvalue weighted by molar-refractivity contribution is 0.288. The average Bonchev–Trinajstić information content (AvgIpc) is 1.99. The van der Waals surface area contributed by atoms with E-state index < -0.39 is 0 Å². The second kappa shape index (κ2) is 4.28. The van der Waals surface area contributed by atoms with Crippen molar-refractivity contribution in [1.29, 1.82) is 0 Å². The maximum Gasteiger partial charge on any atom is 0.00450 e. The summed E-state index contributed by atoms with van der Waals surface area (Å²) in [4.78, 5) is 0. The fourth-order valence-corrected chi connectivity index (χ4v) is 2.11. The standard InChI is InChI=1S/C12H23N/c1-10(13)6-7-11-5-4-8-12(2,3)9-11/h7,10H,4-6,8-9,13H2,1-3H3/b11-7-. The number of hydrogen-bond acceptors (Lipinski definition) is 1. The van der Waals surface area contributed by atoms with Crippen LogP contribution in [-0.2, 0) is 0 Å². The topological polar surface area (TPSA) is 26.0 Å². The first-order chi connectivity index (χ1) is 5.99. The summed E-state index contributed by atoms with van der Waals surface area (Å²) in [7, 11) is 0. The van der Waals surface area contributed by atoms with Crippen LogP contribution in [-0.4, -0.2) is 6.04 Å². The van der Waals surface area contributed by atoms with E-state index in [4.69, 9.17) is 5.73 Å². The van der Waals surface area contributed by atoms with Gasteiger partial charge in [0.25, 0.3) is 0 Å². The van der Waals surface area contributed by atoms with Gasteiger partial charge >= 0.3 is 0 Å². The summed E-state index contributed by atoms with van der Waals surface area (Å²) < 4.78 is 0. The van der Waals surface area contributed by atoms with Crippen LogP contribution < -0.4 is 5.73 Å². The molecule has 0 aromatic carbocycles. The molecule has 0 spiro atoms. The molecule has 1 saturated carbocycles. The largest absolute Gasteiger partial charge is 0.328 e. The Bertz CT molecular complexity index is 189. The summed E-state index contributed by atoms with van der Waals surface area (Å²) in [6.07, 6.45) is 8.73. The zero-order valence-corrected chi connectivity index (χ0v) is 9.27. The van der Waals surface area contributed by atoms with E-state index in [2.05, 4.69) is 26.8 Å². The highest BCUT2D eigenvalue weighted by Crippen LogP contribution is 2.38. The van der Waals surface area contributed by atoms with Gasteiger partial charge in [-0.25, -0.2) is 0 Å². The molecule has 0 aromatic heterocycles. The molecule has 1 atom stereocenters. The van der Waals surface area contributed by atoms with Crippen LogP contribution in [0.2, 0.25) is 0 Å². The summed E-state index contributed by atoms with van der Waals surface area (Å²) in [5.74, 6) is 0. The molecular weight excluding hydrogens is 158 g/mol. The highest BCUT2D eigenvalue weighted by molar-refractivity contribution is 5.08. The third-order valence-electron chi connectivity index (χ3n) is 2.84. The van der Waals surface area contributed by atoms with Crippen molar-refractivity contribution in [2.45, 2.75) is 58.9 Å². The quantitative estimate of drug-likeness (QED) is 0.650. The summed E-state index contributed by atoms with van der Waals surface area (Å²) in [5.41, 5.74) is 7.90. The zero-order valence-electron chi connectivity index (χ0n) is 9.27. The van der Waals surface area contributed by atoms with Gasteiger partial charge < -0.3 is 5.73 Å². The smallest absolute Gasteiger partial charge is 0.00450 e. The molecule has 13 heavy (non-hydrogen) atoms. The maximum atomic E-state index is 5.73. The first-order valence-corrected chi connectivity index (χ1v) is 5.43. The number of nitrogens with two attached hydrogens (primary N) is 1. The first kappa shape index (κ1) is 10.8. The second-order valence-corrected chi connectivity index (χ2v) is 5.27. The van der Waals surface area contributed by atoms with Gasteiger partial charge in [0.15, 0.2) is 0 Å². The van der Waals surface area contributed by atoms with Crippen LogP contribution in [0, 0.1) is 5.41 Å². The van der Waals surface area contributed by atoms with Crippen LogP contribution in [0.3, 0.4) is 0 Å². The summed E-state index contributed by atoms with van der Waals surface area (Å²) in [6, 6.07) is 0.317. The van der Waals surface area contributed by atoms with Gasteiger partial charge in [-0.3, -0.25) is 0 Å². The molecule has 0 radical (unpaired) electrons. The molecule has 1 unspecified atom stereocenters. The van der Waals surface area contributed by atoms with E-state index in [-0.39, 0.29) is 0 Å². The molecule has 2 N–H and O–H groups in total. The summed E-state index contributed by atoms with van der Waals surface area (Å²) in [6.45, 7) is 6.81. The molecule has 0 bridgehead atoms. The predicted molar refractivity (Wildman–Crippen MR) is 58.6 cm³/mol. The fourth-order valence-electron chi connectivity index (χ4n) is 2.11. The van der Waals surface area contributed by atoms with Crippen molar-refractivity contribution in [2.75, 3.05) is 0 Å². The molecule has 1 fully saturated rings. The Morgan fingerprint density at radius 2 is 2.23 bits per heavy atom. The normalized spacial score (nSPS) is 27.5. The lowest BCUT2D eigenvalue weighted by Gasteiger charge is -2.31. The van der Waals surface area contributed by atoms with Gasteiger partial charge in [0, 0.05) is 6.04 Å². The van der Waals surface area contributed by atoms with E-state index in [1.807, 2.05) is 0 Å². The maximum absolute atomic E-state index is 5.73. The second-order valence-electron chi connectivity index (χ2n) is 5.27. The van der Waals surface area contributed by atoms with E-state index >= 15 is 0 Å². The van der Waals surface area contributed by atoms with E-state index in [0.29, 0.717) is 11.5 Å². The summed E-state index contributed by atoms with van der Waals surface area (Å²) in [5, 5.41) is 0. The Morgan fingerprint density at radius 1 is 1.54 bits per heavy atom. The Balaban J connectivity index is 2.46. The SMILES string of the molecule is CC(N)C/C=C1/CCCC(C)(C)C1. The molecule has 0 amide bonds. The van der Waals surface area contributed by atoms with Gasteiger partial charge in [0.05, 0.1) is 0 Å². The van der Waals surface area contributed by atoms with Crippen molar-refractivity contribution in [3.05, 3.63) is 11.6 Å². The van der Waals surface area contributed by atoms with Crippen molar-refractivity contribution in [3.63, 3.8) is 0 Å². The highest BCUT2D eigenvalue weighted by atomic mass is 14.6. The molecule has 1 aliphatic carbocycles. The zero-order chi connectivity index (χ0) is 9.90. The summed E-state index contributed by atoms with van der Waals surface area (Å²) >= 11 is 0. The van der Waals surface area contributed by atoms with Gasteiger partial charge in [0.2, 0.25) is 0 Å². The molecule has 0 aliphatic heterocycles. The van der Waals surface area contributed by atoms with Gasteiger partial charge in [0.1, 0.15) is 0 Å². The molecule has 0 saturated heterocycles. The van der Waals surface area contributed by atoms with Gasteiger partial charge in [-0.1, -0.05) is 25.5 Å². The Kier molecular flexibility index (Phi) is 3.55. The van der Waals surface area contributed by atoms with Gasteiger partial charge in [-0.2, -0.15) is 0 Å². The monoisotopic (exact) mass is 181 g/mol. The van der Waals surface area contributed by atoms with Crippen LogP contribution in [0.1, 0.15) is 52.9 Å². The van der Waals surface area contributed by atoms with E-state index in [1.165, 1.54) is 25.7 Å². The minimum absolute atomic E-state index is 0.317. The molecular formula is C12H23N. The lowest BCUT2D eigenvalue weighted by atomic mass is 9.75. The molecule has 76 valence electrons. The van der Waals surface area contributed by atoms with Crippen LogP contribution in [0.25, 0.3) is 0 Å². The van der Waals surface area contributed by atoms with E-state index in [9.17, 15) is 0 Å². The van der Waals surface area contributed by atoms with E-state index in [0.717, 1.165) is 6.42 Å². The van der Waals surface area contributed by atoms with Crippen LogP contribution in [0.15, 0.2) is 11.6 Å². The third kappa shape index (κ3) is 3.95. The lowest BCUT2D eigenvalue weighted by Crippen LogP contribution is -2.18. The minimum Gasteiger partial charge on any atom is -0.328 e. The number of hydrogen-bond donors (Lipinski definition) is 1. The molecule has 0 heterocycles. The molecule has 1 rings (SSSR count). The Labute approximate surface area is 82.4 Å².